The third-order valence-corrected chi connectivity index (χ3v) is 3.56. The molecule has 1 saturated heterocycles. The topological polar surface area (TPSA) is 41.1 Å². The van der Waals surface area contributed by atoms with Crippen LogP contribution in [0.3, 0.4) is 0 Å². The Bertz CT molecular complexity index is 426. The maximum Gasteiger partial charge on any atom is 0.241 e. The first-order valence-electron chi connectivity index (χ1n) is 5.26. The van der Waals surface area contributed by atoms with Gasteiger partial charge in [0.1, 0.15) is 5.82 Å². The minimum Gasteiger partial charge on any atom is -0.322 e. The Kier molecular flexibility index (Phi) is 4.01. The Balaban J connectivity index is 2.15. The Labute approximate surface area is 112 Å². The van der Waals surface area contributed by atoms with Gasteiger partial charge < -0.3 is 10.6 Å². The molecule has 0 saturated carbocycles. The summed E-state index contributed by atoms with van der Waals surface area (Å²) in [6, 6.07) is 2.25. The van der Waals surface area contributed by atoms with Gasteiger partial charge >= 0.3 is 0 Å². The van der Waals surface area contributed by atoms with Gasteiger partial charge in [0.05, 0.1) is 16.8 Å². The van der Waals surface area contributed by atoms with Gasteiger partial charge in [0.2, 0.25) is 5.91 Å². The molecule has 1 aromatic carbocycles. The molecule has 92 valence electrons. The van der Waals surface area contributed by atoms with E-state index < -0.39 is 5.82 Å². The highest BCUT2D eigenvalue weighted by molar-refractivity contribution is 9.10. The predicted octanol–water partition coefficient (Wildman–Crippen LogP) is 2.93. The van der Waals surface area contributed by atoms with E-state index in [0.29, 0.717) is 10.2 Å². The number of rotatable bonds is 2. The van der Waals surface area contributed by atoms with Crippen LogP contribution >= 0.6 is 27.5 Å². The second-order valence-electron chi connectivity index (χ2n) is 3.88. The summed E-state index contributed by atoms with van der Waals surface area (Å²) in [6.07, 6.45) is 1.79. The van der Waals surface area contributed by atoms with Gasteiger partial charge in [0.15, 0.2) is 0 Å². The molecule has 0 spiro atoms. The molecule has 0 radical (unpaired) electrons. The SMILES string of the molecule is O=C(Nc1c(Cl)cc(F)cc1Br)[C@H]1CCCN1. The molecule has 0 aromatic heterocycles. The van der Waals surface area contributed by atoms with Crippen molar-refractivity contribution in [3.63, 3.8) is 0 Å². The molecule has 3 nitrogen and oxygen atoms in total. The highest BCUT2D eigenvalue weighted by Gasteiger charge is 2.23. The molecular formula is C11H11BrClFN2O. The highest BCUT2D eigenvalue weighted by atomic mass is 79.9. The molecular weight excluding hydrogens is 310 g/mol. The molecule has 1 atom stereocenters. The molecule has 17 heavy (non-hydrogen) atoms. The molecule has 0 bridgehead atoms. The fraction of sp³-hybridized carbons (Fsp3) is 0.364. The van der Waals surface area contributed by atoms with Gasteiger partial charge in [-0.15, -0.1) is 0 Å². The fourth-order valence-electron chi connectivity index (χ4n) is 1.78. The average molecular weight is 322 g/mol. The van der Waals surface area contributed by atoms with E-state index in [1.165, 1.54) is 12.1 Å². The number of nitrogens with one attached hydrogen (secondary N) is 2. The van der Waals surface area contributed by atoms with E-state index in [1.54, 1.807) is 0 Å². The van der Waals surface area contributed by atoms with Gasteiger partial charge in [-0.2, -0.15) is 0 Å². The van der Waals surface area contributed by atoms with Gasteiger partial charge in [-0.1, -0.05) is 11.6 Å². The number of hydrogen-bond acceptors (Lipinski definition) is 2. The number of amides is 1. The zero-order chi connectivity index (χ0) is 12.4. The summed E-state index contributed by atoms with van der Waals surface area (Å²) in [4.78, 5) is 11.9. The van der Waals surface area contributed by atoms with Crippen LogP contribution < -0.4 is 10.6 Å². The monoisotopic (exact) mass is 320 g/mol. The number of anilines is 1. The van der Waals surface area contributed by atoms with Gasteiger partial charge in [0, 0.05) is 4.47 Å². The van der Waals surface area contributed by atoms with Crippen LogP contribution in [0.1, 0.15) is 12.8 Å². The maximum atomic E-state index is 13.0. The van der Waals surface area contributed by atoms with E-state index >= 15 is 0 Å². The molecule has 0 aliphatic carbocycles. The largest absolute Gasteiger partial charge is 0.322 e. The number of carbonyl (C=O) groups excluding carboxylic acids is 1. The Hall–Kier alpha value is -0.650. The lowest BCUT2D eigenvalue weighted by Crippen LogP contribution is -2.35. The van der Waals surface area contributed by atoms with Crippen molar-refractivity contribution in [2.45, 2.75) is 18.9 Å². The van der Waals surface area contributed by atoms with Gasteiger partial charge in [-0.3, -0.25) is 4.79 Å². The molecule has 1 heterocycles. The van der Waals surface area contributed by atoms with Crippen molar-refractivity contribution in [3.8, 4) is 0 Å². The van der Waals surface area contributed by atoms with E-state index in [4.69, 9.17) is 11.6 Å². The van der Waals surface area contributed by atoms with Crippen LogP contribution in [-0.4, -0.2) is 18.5 Å². The lowest BCUT2D eigenvalue weighted by Gasteiger charge is -2.13. The van der Waals surface area contributed by atoms with Crippen molar-refractivity contribution in [1.29, 1.82) is 0 Å². The van der Waals surface area contributed by atoms with Crippen molar-refractivity contribution in [1.82, 2.24) is 5.32 Å². The van der Waals surface area contributed by atoms with Crippen molar-refractivity contribution in [2.75, 3.05) is 11.9 Å². The van der Waals surface area contributed by atoms with Crippen molar-refractivity contribution in [3.05, 3.63) is 27.4 Å². The van der Waals surface area contributed by atoms with Crippen LogP contribution in [0.5, 0.6) is 0 Å². The smallest absolute Gasteiger partial charge is 0.241 e. The minimum absolute atomic E-state index is 0.142. The standard InChI is InChI=1S/C11H11BrClFN2O/c12-7-4-6(14)5-8(13)10(7)16-11(17)9-2-1-3-15-9/h4-5,9,15H,1-3H2,(H,16,17)/t9-/m1/s1. The number of carbonyl (C=O) groups is 1. The van der Waals surface area contributed by atoms with Crippen LogP contribution in [0.4, 0.5) is 10.1 Å². The third kappa shape index (κ3) is 2.97. The van der Waals surface area contributed by atoms with Crippen LogP contribution in [0.25, 0.3) is 0 Å². The highest BCUT2D eigenvalue weighted by Crippen LogP contribution is 2.31. The summed E-state index contributed by atoms with van der Waals surface area (Å²) in [5.74, 6) is -0.587. The first-order chi connectivity index (χ1) is 8.08. The van der Waals surface area contributed by atoms with Crippen molar-refractivity contribution < 1.29 is 9.18 Å². The van der Waals surface area contributed by atoms with Crippen LogP contribution in [0, 0.1) is 5.82 Å². The Morgan fingerprint density at radius 2 is 2.35 bits per heavy atom. The number of hydrogen-bond donors (Lipinski definition) is 2. The van der Waals surface area contributed by atoms with Crippen molar-refractivity contribution in [2.24, 2.45) is 0 Å². The van der Waals surface area contributed by atoms with Gasteiger partial charge in [-0.05, 0) is 47.4 Å². The lowest BCUT2D eigenvalue weighted by molar-refractivity contribution is -0.117. The first-order valence-corrected chi connectivity index (χ1v) is 6.44. The Morgan fingerprint density at radius 3 is 2.94 bits per heavy atom. The number of halogens is 3. The molecule has 1 aliphatic heterocycles. The quantitative estimate of drug-likeness (QED) is 0.879. The molecule has 2 N–H and O–H groups in total. The van der Waals surface area contributed by atoms with Crippen LogP contribution in [-0.2, 0) is 4.79 Å². The summed E-state index contributed by atoms with van der Waals surface area (Å²) >= 11 is 9.06. The average Bonchev–Trinajstić information content (AvgIpc) is 2.76. The molecule has 1 fully saturated rings. The summed E-state index contributed by atoms with van der Waals surface area (Å²) in [6.45, 7) is 0.844. The predicted molar refractivity (Wildman–Crippen MR) is 68.8 cm³/mol. The molecule has 1 aliphatic rings. The Morgan fingerprint density at radius 1 is 1.59 bits per heavy atom. The second kappa shape index (κ2) is 5.33. The molecule has 1 amide bonds. The minimum atomic E-state index is -0.445. The fourth-order valence-corrected chi connectivity index (χ4v) is 2.68. The molecule has 0 unspecified atom stereocenters. The number of benzene rings is 1. The summed E-state index contributed by atoms with van der Waals surface area (Å²) in [7, 11) is 0. The van der Waals surface area contributed by atoms with E-state index in [9.17, 15) is 9.18 Å². The zero-order valence-electron chi connectivity index (χ0n) is 8.90. The normalized spacial score (nSPS) is 19.4. The summed E-state index contributed by atoms with van der Waals surface area (Å²) in [5.41, 5.74) is 0.409. The summed E-state index contributed by atoms with van der Waals surface area (Å²) in [5, 5.41) is 5.97. The molecule has 2 rings (SSSR count). The molecule has 6 heteroatoms. The van der Waals surface area contributed by atoms with Crippen molar-refractivity contribution >= 4 is 39.1 Å². The van der Waals surface area contributed by atoms with Gasteiger partial charge in [0.25, 0.3) is 0 Å². The van der Waals surface area contributed by atoms with Crippen LogP contribution in [0.15, 0.2) is 16.6 Å². The lowest BCUT2D eigenvalue weighted by atomic mass is 10.2. The van der Waals surface area contributed by atoms with Gasteiger partial charge in [-0.25, -0.2) is 4.39 Å². The van der Waals surface area contributed by atoms with E-state index in [1.807, 2.05) is 0 Å². The molecule has 1 aromatic rings. The third-order valence-electron chi connectivity index (χ3n) is 2.63. The van der Waals surface area contributed by atoms with E-state index in [2.05, 4.69) is 26.6 Å². The van der Waals surface area contributed by atoms with E-state index in [0.717, 1.165) is 19.4 Å². The maximum absolute atomic E-state index is 13.0. The van der Waals surface area contributed by atoms with E-state index in [-0.39, 0.29) is 17.0 Å². The zero-order valence-corrected chi connectivity index (χ0v) is 11.2. The summed E-state index contributed by atoms with van der Waals surface area (Å²) < 4.78 is 13.4. The second-order valence-corrected chi connectivity index (χ2v) is 5.14. The first kappa shape index (κ1) is 12.8. The van der Waals surface area contributed by atoms with Crippen LogP contribution in [0.2, 0.25) is 5.02 Å².